The van der Waals surface area contributed by atoms with Crippen LogP contribution in [0.25, 0.3) is 0 Å². The second-order valence-electron chi connectivity index (χ2n) is 6.74. The van der Waals surface area contributed by atoms with Gasteiger partial charge in [-0.25, -0.2) is 0 Å². The molecule has 0 aliphatic heterocycles. The quantitative estimate of drug-likeness (QED) is 0.583. The molecular weight excluding hydrogens is 240 g/mol. The fraction of sp³-hybridized carbons (Fsp3) is 0.550. The van der Waals surface area contributed by atoms with Gasteiger partial charge in [0, 0.05) is 11.5 Å². The lowest BCUT2D eigenvalue weighted by atomic mass is 9.75. The third kappa shape index (κ3) is 2.91. The summed E-state index contributed by atoms with van der Waals surface area (Å²) in [6, 6.07) is 0. The van der Waals surface area contributed by atoms with Gasteiger partial charge in [0.05, 0.1) is 0 Å². The van der Waals surface area contributed by atoms with E-state index in [1.807, 2.05) is 0 Å². The summed E-state index contributed by atoms with van der Waals surface area (Å²) in [4.78, 5) is 0. The van der Waals surface area contributed by atoms with Crippen LogP contribution in [0.5, 0.6) is 0 Å². The van der Waals surface area contributed by atoms with Gasteiger partial charge in [0.25, 0.3) is 0 Å². The highest BCUT2D eigenvalue weighted by molar-refractivity contribution is 5.46. The molecule has 0 nitrogen and oxygen atoms in total. The Morgan fingerprint density at radius 3 is 2.65 bits per heavy atom. The Bertz CT molecular complexity index is 500. The Kier molecular flexibility index (Phi) is 4.13. The maximum Gasteiger partial charge on any atom is 0.0350 e. The summed E-state index contributed by atoms with van der Waals surface area (Å²) in [5, 5.41) is 0. The van der Waals surface area contributed by atoms with Crippen LogP contribution in [0.1, 0.15) is 46.0 Å². The van der Waals surface area contributed by atoms with E-state index in [1.165, 1.54) is 43.3 Å². The Morgan fingerprint density at radius 1 is 1.20 bits per heavy atom. The average Bonchev–Trinajstić information content (AvgIpc) is 2.56. The molecule has 0 heterocycles. The minimum atomic E-state index is 0.521. The molecule has 106 valence electrons. The lowest BCUT2D eigenvalue weighted by Gasteiger charge is -2.31. The van der Waals surface area contributed by atoms with Crippen molar-refractivity contribution in [3.05, 3.63) is 53.3 Å². The SMILES string of the molecule is CCC(/C=C1/C=CC2=C=CC2C=C1)C1CCC(C)CC1. The van der Waals surface area contributed by atoms with Gasteiger partial charge in [-0.2, -0.15) is 0 Å². The summed E-state index contributed by atoms with van der Waals surface area (Å²) in [7, 11) is 0. The first-order chi connectivity index (χ1) is 9.76. The molecule has 0 heteroatoms. The van der Waals surface area contributed by atoms with E-state index in [0.717, 1.165) is 17.8 Å². The first-order valence-electron chi connectivity index (χ1n) is 8.31. The lowest BCUT2D eigenvalue weighted by Crippen LogP contribution is -2.19. The zero-order chi connectivity index (χ0) is 13.9. The standard InChI is InChI=1S/C20H26/c1-3-17(18-8-4-15(2)5-9-18)14-16-6-10-19-12-13-20(19)11-7-16/h6-7,10-12,14-15,17-19H,3-5,8-9H2,1-2H3/b16-14+. The van der Waals surface area contributed by atoms with Crippen LogP contribution in [0.15, 0.2) is 53.3 Å². The molecule has 0 N–H and O–H groups in total. The van der Waals surface area contributed by atoms with Crippen LogP contribution in [-0.2, 0) is 0 Å². The second kappa shape index (κ2) is 6.02. The molecule has 20 heavy (non-hydrogen) atoms. The van der Waals surface area contributed by atoms with Crippen LogP contribution in [0.3, 0.4) is 0 Å². The molecular formula is C20H26. The van der Waals surface area contributed by atoms with Crippen molar-refractivity contribution in [3.63, 3.8) is 0 Å². The van der Waals surface area contributed by atoms with Crippen molar-refractivity contribution in [2.45, 2.75) is 46.0 Å². The average molecular weight is 266 g/mol. The van der Waals surface area contributed by atoms with Gasteiger partial charge < -0.3 is 0 Å². The van der Waals surface area contributed by atoms with E-state index < -0.39 is 0 Å². The van der Waals surface area contributed by atoms with Crippen LogP contribution in [0.4, 0.5) is 0 Å². The third-order valence-electron chi connectivity index (χ3n) is 5.28. The van der Waals surface area contributed by atoms with Crippen LogP contribution in [0.2, 0.25) is 0 Å². The largest absolute Gasteiger partial charge is 0.120 e. The van der Waals surface area contributed by atoms with Crippen molar-refractivity contribution in [2.24, 2.45) is 23.7 Å². The fourth-order valence-electron chi connectivity index (χ4n) is 3.71. The van der Waals surface area contributed by atoms with Gasteiger partial charge >= 0.3 is 0 Å². The molecule has 1 fully saturated rings. The van der Waals surface area contributed by atoms with Crippen molar-refractivity contribution >= 4 is 0 Å². The molecule has 3 aliphatic carbocycles. The van der Waals surface area contributed by atoms with Gasteiger partial charge in [0.1, 0.15) is 0 Å². The molecule has 3 aliphatic rings. The molecule has 0 radical (unpaired) electrons. The highest BCUT2D eigenvalue weighted by Gasteiger charge is 2.24. The smallest absolute Gasteiger partial charge is 0.0350 e. The summed E-state index contributed by atoms with van der Waals surface area (Å²) in [6.07, 6.45) is 20.8. The molecule has 2 unspecified atom stereocenters. The predicted molar refractivity (Wildman–Crippen MR) is 86.4 cm³/mol. The summed E-state index contributed by atoms with van der Waals surface area (Å²) < 4.78 is 0. The van der Waals surface area contributed by atoms with Gasteiger partial charge in [0.2, 0.25) is 0 Å². The van der Waals surface area contributed by atoms with Gasteiger partial charge in [-0.3, -0.25) is 0 Å². The number of hydrogen-bond donors (Lipinski definition) is 0. The monoisotopic (exact) mass is 266 g/mol. The molecule has 2 atom stereocenters. The van der Waals surface area contributed by atoms with E-state index in [1.54, 1.807) is 0 Å². The first kappa shape index (κ1) is 13.7. The number of rotatable bonds is 3. The lowest BCUT2D eigenvalue weighted by molar-refractivity contribution is 0.236. The Morgan fingerprint density at radius 2 is 2.00 bits per heavy atom. The molecule has 1 saturated carbocycles. The van der Waals surface area contributed by atoms with E-state index >= 15 is 0 Å². The van der Waals surface area contributed by atoms with Crippen molar-refractivity contribution in [1.82, 2.24) is 0 Å². The van der Waals surface area contributed by atoms with Crippen LogP contribution >= 0.6 is 0 Å². The third-order valence-corrected chi connectivity index (χ3v) is 5.28. The number of fused-ring (bicyclic) bond motifs is 1. The van der Waals surface area contributed by atoms with Crippen molar-refractivity contribution in [2.75, 3.05) is 0 Å². The van der Waals surface area contributed by atoms with Gasteiger partial charge in [-0.05, 0) is 54.7 Å². The molecule has 0 aromatic heterocycles. The van der Waals surface area contributed by atoms with Crippen LogP contribution < -0.4 is 0 Å². The molecule has 0 aromatic rings. The van der Waals surface area contributed by atoms with E-state index in [-0.39, 0.29) is 0 Å². The van der Waals surface area contributed by atoms with Crippen molar-refractivity contribution < 1.29 is 0 Å². The minimum absolute atomic E-state index is 0.521. The molecule has 0 saturated heterocycles. The molecule has 0 bridgehead atoms. The summed E-state index contributed by atoms with van der Waals surface area (Å²) in [5.74, 6) is 3.13. The highest BCUT2D eigenvalue weighted by atomic mass is 14.3. The van der Waals surface area contributed by atoms with E-state index in [4.69, 9.17) is 0 Å². The summed E-state index contributed by atoms with van der Waals surface area (Å²) in [6.45, 7) is 4.75. The summed E-state index contributed by atoms with van der Waals surface area (Å²) >= 11 is 0. The zero-order valence-corrected chi connectivity index (χ0v) is 12.8. The van der Waals surface area contributed by atoms with E-state index in [9.17, 15) is 0 Å². The fourth-order valence-corrected chi connectivity index (χ4v) is 3.71. The first-order valence-corrected chi connectivity index (χ1v) is 8.31. The maximum atomic E-state index is 3.27. The van der Waals surface area contributed by atoms with Crippen LogP contribution in [0, 0.1) is 23.7 Å². The van der Waals surface area contributed by atoms with Gasteiger partial charge in [-0.15, -0.1) is 5.73 Å². The normalized spacial score (nSPS) is 35.2. The molecule has 0 spiro atoms. The highest BCUT2D eigenvalue weighted by Crippen LogP contribution is 2.36. The number of allylic oxidation sites excluding steroid dienone is 7. The maximum absolute atomic E-state index is 3.27. The molecule has 3 rings (SSSR count). The molecule has 0 aromatic carbocycles. The van der Waals surface area contributed by atoms with E-state index in [0.29, 0.717) is 5.92 Å². The summed E-state index contributed by atoms with van der Waals surface area (Å²) in [5.41, 5.74) is 6.00. The Labute approximate surface area is 123 Å². The molecule has 0 amide bonds. The van der Waals surface area contributed by atoms with Gasteiger partial charge in [-0.1, -0.05) is 51.0 Å². The van der Waals surface area contributed by atoms with Crippen LogP contribution in [-0.4, -0.2) is 0 Å². The zero-order valence-electron chi connectivity index (χ0n) is 12.8. The number of hydrogen-bond acceptors (Lipinski definition) is 0. The predicted octanol–water partition coefficient (Wildman–Crippen LogP) is 5.60. The van der Waals surface area contributed by atoms with Crippen molar-refractivity contribution in [1.29, 1.82) is 0 Å². The second-order valence-corrected chi connectivity index (χ2v) is 6.74. The van der Waals surface area contributed by atoms with Crippen molar-refractivity contribution in [3.8, 4) is 0 Å². The Balaban J connectivity index is 1.70. The van der Waals surface area contributed by atoms with E-state index in [2.05, 4.69) is 56.0 Å². The topological polar surface area (TPSA) is 0 Å². The Hall–Kier alpha value is -1.26. The van der Waals surface area contributed by atoms with Gasteiger partial charge in [0.15, 0.2) is 0 Å². The minimum Gasteiger partial charge on any atom is -0.120 e.